The Balaban J connectivity index is 1.57. The fraction of sp³-hybridized carbons (Fsp3) is 0.562. The van der Waals surface area contributed by atoms with E-state index < -0.39 is 0 Å². The summed E-state index contributed by atoms with van der Waals surface area (Å²) >= 11 is 3.51. The van der Waals surface area contributed by atoms with Crippen molar-refractivity contribution in [3.8, 4) is 0 Å². The molecule has 0 radical (unpaired) electrons. The normalized spacial score (nSPS) is 27.9. The number of nitrogens with zero attached hydrogens (tertiary/aromatic N) is 2. The Kier molecular flexibility index (Phi) is 3.43. The van der Waals surface area contributed by atoms with E-state index in [1.807, 2.05) is 12.1 Å². The number of hydrogen-bond acceptors (Lipinski definition) is 5. The molecule has 0 aliphatic carbocycles. The summed E-state index contributed by atoms with van der Waals surface area (Å²) in [7, 11) is 0. The Morgan fingerprint density at radius 3 is 2.82 bits per heavy atom. The van der Waals surface area contributed by atoms with Crippen LogP contribution in [0.3, 0.4) is 0 Å². The highest BCUT2D eigenvalue weighted by Crippen LogP contribution is 2.42. The molecule has 118 valence electrons. The number of piperidine rings is 1. The maximum Gasteiger partial charge on any atom is 0.183 e. The molecule has 6 heteroatoms. The van der Waals surface area contributed by atoms with Crippen molar-refractivity contribution in [3.05, 3.63) is 22.7 Å². The molecule has 5 nitrogen and oxygen atoms in total. The zero-order chi connectivity index (χ0) is 15.3. The number of halogens is 1. The first-order valence-electron chi connectivity index (χ1n) is 7.77. The fourth-order valence-electron chi connectivity index (χ4n) is 3.78. The van der Waals surface area contributed by atoms with Gasteiger partial charge in [-0.15, -0.1) is 0 Å². The highest BCUT2D eigenvalue weighted by molar-refractivity contribution is 9.10. The first-order chi connectivity index (χ1) is 10.6. The molecule has 1 aromatic carbocycles. The van der Waals surface area contributed by atoms with Crippen molar-refractivity contribution in [1.82, 2.24) is 5.16 Å². The minimum Gasteiger partial charge on any atom is -0.376 e. The van der Waals surface area contributed by atoms with E-state index in [2.05, 4.69) is 39.0 Å². The number of aromatic nitrogens is 1. The third kappa shape index (κ3) is 2.08. The van der Waals surface area contributed by atoms with Gasteiger partial charge in [-0.1, -0.05) is 11.2 Å². The number of hydrogen-bond donors (Lipinski definition) is 1. The van der Waals surface area contributed by atoms with E-state index in [4.69, 9.17) is 15.0 Å². The first kappa shape index (κ1) is 14.5. The number of ether oxygens (including phenoxy) is 1. The molecule has 2 saturated heterocycles. The van der Waals surface area contributed by atoms with Crippen LogP contribution in [0.15, 0.2) is 27.2 Å². The Morgan fingerprint density at radius 2 is 2.14 bits per heavy atom. The molecule has 0 amide bonds. The predicted octanol–water partition coefficient (Wildman–Crippen LogP) is 2.92. The second kappa shape index (κ2) is 5.22. The van der Waals surface area contributed by atoms with E-state index in [9.17, 15) is 0 Å². The van der Waals surface area contributed by atoms with Gasteiger partial charge >= 0.3 is 0 Å². The SMILES string of the molecule is C[C@@H]1OCC2(CCN(c3noc4c(Br)cccc34)CC2)[C@@H]1N. The molecular formula is C16H20BrN3O2. The molecule has 2 aliphatic rings. The van der Waals surface area contributed by atoms with Crippen LogP contribution in [0.1, 0.15) is 19.8 Å². The molecule has 2 N–H and O–H groups in total. The Bertz CT molecular complexity index is 694. The van der Waals surface area contributed by atoms with E-state index in [-0.39, 0.29) is 17.6 Å². The summed E-state index contributed by atoms with van der Waals surface area (Å²) in [5, 5.41) is 5.35. The number of nitrogens with two attached hydrogens (primary N) is 1. The van der Waals surface area contributed by atoms with Gasteiger partial charge in [0.15, 0.2) is 11.4 Å². The van der Waals surface area contributed by atoms with Crippen LogP contribution < -0.4 is 10.6 Å². The zero-order valence-corrected chi connectivity index (χ0v) is 14.2. The number of para-hydroxylation sites is 1. The van der Waals surface area contributed by atoms with Crippen LogP contribution in [-0.4, -0.2) is 37.0 Å². The third-order valence-corrected chi connectivity index (χ3v) is 5.96. The van der Waals surface area contributed by atoms with Gasteiger partial charge < -0.3 is 19.9 Å². The Hall–Kier alpha value is -1.11. The number of anilines is 1. The van der Waals surface area contributed by atoms with Crippen molar-refractivity contribution in [2.24, 2.45) is 11.1 Å². The molecule has 1 spiro atoms. The standard InChI is InChI=1S/C16H20BrN3O2/c1-10-14(18)16(9-21-10)5-7-20(8-6-16)15-11-3-2-4-12(17)13(11)22-19-15/h2-4,10,14H,5-9,18H2,1H3/t10-,14+/m0/s1. The zero-order valence-electron chi connectivity index (χ0n) is 12.6. The smallest absolute Gasteiger partial charge is 0.183 e. The van der Waals surface area contributed by atoms with Crippen LogP contribution in [0.2, 0.25) is 0 Å². The lowest BCUT2D eigenvalue weighted by molar-refractivity contribution is 0.0974. The largest absolute Gasteiger partial charge is 0.376 e. The number of rotatable bonds is 1. The summed E-state index contributed by atoms with van der Waals surface area (Å²) in [6.45, 7) is 4.75. The second-order valence-electron chi connectivity index (χ2n) is 6.51. The highest BCUT2D eigenvalue weighted by atomic mass is 79.9. The average molecular weight is 366 g/mol. The van der Waals surface area contributed by atoms with Gasteiger partial charge in [0.25, 0.3) is 0 Å². The maximum absolute atomic E-state index is 6.38. The van der Waals surface area contributed by atoms with E-state index in [0.29, 0.717) is 0 Å². The minimum atomic E-state index is 0.135. The van der Waals surface area contributed by atoms with Crippen LogP contribution in [-0.2, 0) is 4.74 Å². The molecule has 4 rings (SSSR count). The van der Waals surface area contributed by atoms with Gasteiger partial charge in [-0.2, -0.15) is 0 Å². The molecule has 0 bridgehead atoms. The molecule has 2 atom stereocenters. The molecule has 0 saturated carbocycles. The van der Waals surface area contributed by atoms with E-state index in [0.717, 1.165) is 53.8 Å². The lowest BCUT2D eigenvalue weighted by Gasteiger charge is -2.41. The molecule has 22 heavy (non-hydrogen) atoms. The monoisotopic (exact) mass is 365 g/mol. The van der Waals surface area contributed by atoms with Gasteiger partial charge in [-0.05, 0) is 47.8 Å². The first-order valence-corrected chi connectivity index (χ1v) is 8.56. The van der Waals surface area contributed by atoms with Crippen molar-refractivity contribution in [3.63, 3.8) is 0 Å². The molecule has 2 fully saturated rings. The summed E-state index contributed by atoms with van der Waals surface area (Å²) in [6.07, 6.45) is 2.25. The van der Waals surface area contributed by atoms with Crippen LogP contribution in [0.25, 0.3) is 11.0 Å². The molecule has 1 aromatic heterocycles. The number of benzene rings is 1. The molecule has 2 aliphatic heterocycles. The van der Waals surface area contributed by atoms with Crippen LogP contribution in [0.4, 0.5) is 5.82 Å². The minimum absolute atomic E-state index is 0.135. The van der Waals surface area contributed by atoms with Crippen LogP contribution >= 0.6 is 15.9 Å². The van der Waals surface area contributed by atoms with Gasteiger partial charge in [0.05, 0.1) is 22.6 Å². The summed E-state index contributed by atoms with van der Waals surface area (Å²) in [5.41, 5.74) is 7.33. The lowest BCUT2D eigenvalue weighted by Crippen LogP contribution is -2.50. The number of fused-ring (bicyclic) bond motifs is 1. The predicted molar refractivity (Wildman–Crippen MR) is 89.0 cm³/mol. The fourth-order valence-corrected chi connectivity index (χ4v) is 4.22. The molecule has 3 heterocycles. The van der Waals surface area contributed by atoms with Gasteiger partial charge in [-0.25, -0.2) is 0 Å². The van der Waals surface area contributed by atoms with Crippen molar-refractivity contribution >= 4 is 32.7 Å². The highest BCUT2D eigenvalue weighted by Gasteiger charge is 2.47. The topological polar surface area (TPSA) is 64.5 Å². The quantitative estimate of drug-likeness (QED) is 0.841. The van der Waals surface area contributed by atoms with Gasteiger partial charge in [0, 0.05) is 24.5 Å². The van der Waals surface area contributed by atoms with Crippen molar-refractivity contribution in [2.45, 2.75) is 31.9 Å². The average Bonchev–Trinajstić information content (AvgIpc) is 3.08. The second-order valence-corrected chi connectivity index (χ2v) is 7.37. The van der Waals surface area contributed by atoms with Crippen molar-refractivity contribution < 1.29 is 9.26 Å². The third-order valence-electron chi connectivity index (χ3n) is 5.34. The maximum atomic E-state index is 6.38. The summed E-state index contributed by atoms with van der Waals surface area (Å²) in [4.78, 5) is 2.30. The van der Waals surface area contributed by atoms with E-state index in [1.54, 1.807) is 0 Å². The van der Waals surface area contributed by atoms with E-state index in [1.165, 1.54) is 0 Å². The molecular weight excluding hydrogens is 346 g/mol. The van der Waals surface area contributed by atoms with Gasteiger partial charge in [-0.3, -0.25) is 0 Å². The molecule has 2 aromatic rings. The van der Waals surface area contributed by atoms with Crippen LogP contribution in [0, 0.1) is 5.41 Å². The van der Waals surface area contributed by atoms with Gasteiger partial charge in [0.2, 0.25) is 0 Å². The summed E-state index contributed by atoms with van der Waals surface area (Å²) < 4.78 is 12.2. The lowest BCUT2D eigenvalue weighted by atomic mass is 9.73. The van der Waals surface area contributed by atoms with E-state index >= 15 is 0 Å². The summed E-state index contributed by atoms with van der Waals surface area (Å²) in [6, 6.07) is 6.18. The summed E-state index contributed by atoms with van der Waals surface area (Å²) in [5.74, 6) is 0.937. The van der Waals surface area contributed by atoms with Crippen molar-refractivity contribution in [1.29, 1.82) is 0 Å². The van der Waals surface area contributed by atoms with Crippen molar-refractivity contribution in [2.75, 3.05) is 24.6 Å². The Morgan fingerprint density at radius 1 is 1.36 bits per heavy atom. The van der Waals surface area contributed by atoms with Crippen LogP contribution in [0.5, 0.6) is 0 Å². The molecule has 0 unspecified atom stereocenters. The van der Waals surface area contributed by atoms with Gasteiger partial charge in [0.1, 0.15) is 0 Å². The Labute approximate surface area is 137 Å².